The van der Waals surface area contributed by atoms with Crippen molar-refractivity contribution in [2.75, 3.05) is 0 Å². The van der Waals surface area contributed by atoms with Crippen LogP contribution in [0.3, 0.4) is 0 Å². The highest BCUT2D eigenvalue weighted by Crippen LogP contribution is 2.33. The number of nitrogens with zero attached hydrogens (tertiary/aromatic N) is 2. The molecule has 2 N–H and O–H groups in total. The van der Waals surface area contributed by atoms with Crippen molar-refractivity contribution in [3.63, 3.8) is 0 Å². The fourth-order valence-electron chi connectivity index (χ4n) is 2.90. The Balaban J connectivity index is 0.000000261. The molecule has 0 radical (unpaired) electrons. The van der Waals surface area contributed by atoms with E-state index in [9.17, 15) is 31.1 Å². The number of rotatable bonds is 3. The summed E-state index contributed by atoms with van der Waals surface area (Å²) in [5.41, 5.74) is -1.42. The van der Waals surface area contributed by atoms with Crippen molar-refractivity contribution in [2.45, 2.75) is 19.3 Å². The third-order valence-electron chi connectivity index (χ3n) is 4.51. The van der Waals surface area contributed by atoms with Gasteiger partial charge in [0.05, 0.1) is 16.8 Å². The van der Waals surface area contributed by atoms with Gasteiger partial charge >= 0.3 is 18.0 Å². The number of H-pyrrole nitrogens is 1. The first-order valence-corrected chi connectivity index (χ1v) is 9.80. The summed E-state index contributed by atoms with van der Waals surface area (Å²) in [7, 11) is 0. The van der Waals surface area contributed by atoms with Crippen LogP contribution in [-0.4, -0.2) is 19.9 Å². The molecular formula is C23H17F6N3O3. The number of alkyl halides is 6. The number of aromatic amines is 1. The highest BCUT2D eigenvalue weighted by molar-refractivity contribution is 5.41. The molecule has 3 aromatic carbocycles. The minimum atomic E-state index is -4.43. The molecule has 35 heavy (non-hydrogen) atoms. The van der Waals surface area contributed by atoms with E-state index < -0.39 is 23.5 Å². The molecule has 0 spiro atoms. The molecule has 12 heteroatoms. The zero-order chi connectivity index (χ0) is 25.8. The van der Waals surface area contributed by atoms with Crippen LogP contribution in [0, 0.1) is 6.92 Å². The Morgan fingerprint density at radius 2 is 1.40 bits per heavy atom. The number of hydrogen-bond donors (Lipinski definition) is 2. The van der Waals surface area contributed by atoms with E-state index in [1.807, 2.05) is 0 Å². The third-order valence-corrected chi connectivity index (χ3v) is 4.51. The standard InChI is InChI=1S/C16H12F3N3O2.C7H5F3O/c1-10-20-21-15(23)22(10)12-5-7-13(8-6-12)24-14-4-2-3-11(9-14)16(17,18)19;8-7(9,10)5-2-1-3-6(11)4-5/h2-9H,1H3,(H,21,23);1-4,11H. The van der Waals surface area contributed by atoms with Gasteiger partial charge < -0.3 is 9.84 Å². The highest BCUT2D eigenvalue weighted by atomic mass is 19.4. The third kappa shape index (κ3) is 6.65. The number of aromatic hydroxyl groups is 1. The molecule has 0 saturated carbocycles. The summed E-state index contributed by atoms with van der Waals surface area (Å²) >= 11 is 0. The number of halogens is 6. The number of phenolic OH excluding ortho intramolecular Hbond substituents is 1. The van der Waals surface area contributed by atoms with Gasteiger partial charge in [0.1, 0.15) is 23.1 Å². The molecule has 0 aliphatic carbocycles. The maximum absolute atomic E-state index is 12.7. The van der Waals surface area contributed by atoms with Crippen LogP contribution in [0.15, 0.2) is 77.6 Å². The molecule has 0 aliphatic heterocycles. The Kier molecular flexibility index (Phi) is 7.22. The van der Waals surface area contributed by atoms with Crippen LogP contribution in [0.1, 0.15) is 17.0 Å². The van der Waals surface area contributed by atoms with Crippen molar-refractivity contribution in [3.8, 4) is 22.9 Å². The van der Waals surface area contributed by atoms with E-state index in [4.69, 9.17) is 9.84 Å². The molecule has 0 aliphatic rings. The van der Waals surface area contributed by atoms with Crippen LogP contribution in [0.25, 0.3) is 5.69 Å². The van der Waals surface area contributed by atoms with Crippen molar-refractivity contribution in [1.82, 2.24) is 14.8 Å². The molecule has 0 fully saturated rings. The molecule has 0 bridgehead atoms. The minimum absolute atomic E-state index is 0.0780. The van der Waals surface area contributed by atoms with E-state index in [0.29, 0.717) is 23.3 Å². The number of ether oxygens (including phenoxy) is 1. The predicted molar refractivity (Wildman–Crippen MR) is 114 cm³/mol. The summed E-state index contributed by atoms with van der Waals surface area (Å²) in [5, 5.41) is 14.8. The zero-order valence-corrected chi connectivity index (χ0v) is 17.9. The summed E-state index contributed by atoms with van der Waals surface area (Å²) in [4.78, 5) is 11.7. The number of aromatic nitrogens is 3. The van der Waals surface area contributed by atoms with Crippen molar-refractivity contribution < 1.29 is 36.2 Å². The number of aryl methyl sites for hydroxylation is 1. The van der Waals surface area contributed by atoms with Crippen LogP contribution in [0.5, 0.6) is 17.2 Å². The van der Waals surface area contributed by atoms with E-state index in [1.165, 1.54) is 22.8 Å². The summed E-state index contributed by atoms with van der Waals surface area (Å²) in [6, 6.07) is 14.9. The quantitative estimate of drug-likeness (QED) is 0.336. The Morgan fingerprint density at radius 1 is 0.829 bits per heavy atom. The molecule has 0 atom stereocenters. The average Bonchev–Trinajstić information content (AvgIpc) is 3.12. The van der Waals surface area contributed by atoms with Crippen molar-refractivity contribution in [2.24, 2.45) is 0 Å². The molecule has 0 amide bonds. The van der Waals surface area contributed by atoms with Crippen LogP contribution in [0.2, 0.25) is 0 Å². The van der Waals surface area contributed by atoms with Gasteiger partial charge in [-0.1, -0.05) is 12.1 Å². The lowest BCUT2D eigenvalue weighted by molar-refractivity contribution is -0.138. The monoisotopic (exact) mass is 497 g/mol. The highest BCUT2D eigenvalue weighted by Gasteiger charge is 2.31. The first-order chi connectivity index (χ1) is 16.3. The molecule has 6 nitrogen and oxygen atoms in total. The average molecular weight is 497 g/mol. The van der Waals surface area contributed by atoms with Crippen LogP contribution >= 0.6 is 0 Å². The van der Waals surface area contributed by atoms with E-state index in [1.54, 1.807) is 31.2 Å². The van der Waals surface area contributed by atoms with Crippen LogP contribution in [-0.2, 0) is 12.4 Å². The zero-order valence-electron chi connectivity index (χ0n) is 17.9. The lowest BCUT2D eigenvalue weighted by Crippen LogP contribution is -2.15. The smallest absolute Gasteiger partial charge is 0.416 e. The first-order valence-electron chi connectivity index (χ1n) is 9.80. The number of benzene rings is 3. The second-order valence-corrected chi connectivity index (χ2v) is 7.08. The Morgan fingerprint density at radius 3 is 1.89 bits per heavy atom. The molecule has 4 aromatic rings. The predicted octanol–water partition coefficient (Wildman–Crippen LogP) is 6.09. The van der Waals surface area contributed by atoms with Crippen molar-refractivity contribution in [3.05, 3.63) is 100 Å². The molecule has 184 valence electrons. The van der Waals surface area contributed by atoms with Gasteiger partial charge in [0.2, 0.25) is 0 Å². The fraction of sp³-hybridized carbons (Fsp3) is 0.130. The Bertz CT molecular complexity index is 1340. The minimum Gasteiger partial charge on any atom is -0.508 e. The van der Waals surface area contributed by atoms with E-state index in [-0.39, 0.29) is 17.2 Å². The lowest BCUT2D eigenvalue weighted by Gasteiger charge is -2.10. The normalized spacial score (nSPS) is 11.5. The molecule has 4 rings (SSSR count). The molecule has 0 unspecified atom stereocenters. The van der Waals surface area contributed by atoms with Crippen molar-refractivity contribution in [1.29, 1.82) is 0 Å². The van der Waals surface area contributed by atoms with Gasteiger partial charge in [0.25, 0.3) is 0 Å². The Labute approximate surface area is 194 Å². The second kappa shape index (κ2) is 9.95. The van der Waals surface area contributed by atoms with Crippen LogP contribution < -0.4 is 10.4 Å². The summed E-state index contributed by atoms with van der Waals surface area (Å²) < 4.78 is 80.5. The van der Waals surface area contributed by atoms with Crippen molar-refractivity contribution >= 4 is 0 Å². The largest absolute Gasteiger partial charge is 0.508 e. The second-order valence-electron chi connectivity index (χ2n) is 7.08. The molecule has 0 saturated heterocycles. The molecule has 1 heterocycles. The first kappa shape index (κ1) is 25.4. The van der Waals surface area contributed by atoms with Gasteiger partial charge in [0, 0.05) is 0 Å². The topological polar surface area (TPSA) is 80.1 Å². The van der Waals surface area contributed by atoms with Gasteiger partial charge in [-0.15, -0.1) is 0 Å². The SMILES string of the molecule is Cc1n[nH]c(=O)n1-c1ccc(Oc2cccc(C(F)(F)F)c2)cc1.Oc1cccc(C(F)(F)F)c1. The van der Waals surface area contributed by atoms with Gasteiger partial charge in [-0.3, -0.25) is 0 Å². The Hall–Kier alpha value is -4.22. The number of phenols is 1. The summed E-state index contributed by atoms with van der Waals surface area (Å²) in [5.74, 6) is 0.549. The van der Waals surface area contributed by atoms with Gasteiger partial charge in [-0.05, 0) is 67.6 Å². The van der Waals surface area contributed by atoms with E-state index in [0.717, 1.165) is 24.3 Å². The van der Waals surface area contributed by atoms with Gasteiger partial charge in [0.15, 0.2) is 0 Å². The number of hydrogen-bond acceptors (Lipinski definition) is 4. The van der Waals surface area contributed by atoms with Gasteiger partial charge in [-0.25, -0.2) is 14.5 Å². The van der Waals surface area contributed by atoms with E-state index >= 15 is 0 Å². The van der Waals surface area contributed by atoms with Gasteiger partial charge in [-0.2, -0.15) is 31.4 Å². The summed E-state index contributed by atoms with van der Waals surface area (Å²) in [6.07, 6.45) is -8.80. The van der Waals surface area contributed by atoms with E-state index in [2.05, 4.69) is 10.2 Å². The maximum atomic E-state index is 12.7. The maximum Gasteiger partial charge on any atom is 0.416 e. The van der Waals surface area contributed by atoms with Crippen LogP contribution in [0.4, 0.5) is 26.3 Å². The molecule has 1 aromatic heterocycles. The fourth-order valence-corrected chi connectivity index (χ4v) is 2.90. The summed E-state index contributed by atoms with van der Waals surface area (Å²) in [6.45, 7) is 1.67. The molecular weight excluding hydrogens is 480 g/mol. The number of nitrogens with one attached hydrogen (secondary N) is 1. The lowest BCUT2D eigenvalue weighted by atomic mass is 10.2.